The van der Waals surface area contributed by atoms with Gasteiger partial charge in [0, 0.05) is 10.7 Å². The molecule has 0 radical (unpaired) electrons. The van der Waals surface area contributed by atoms with Gasteiger partial charge in [-0.05, 0) is 18.2 Å². The van der Waals surface area contributed by atoms with Crippen LogP contribution in [0.15, 0.2) is 35.1 Å². The van der Waals surface area contributed by atoms with Crippen LogP contribution in [-0.2, 0) is 11.3 Å². The highest BCUT2D eigenvalue weighted by Crippen LogP contribution is 2.19. The van der Waals surface area contributed by atoms with Crippen molar-refractivity contribution in [1.82, 2.24) is 9.78 Å². The zero-order valence-electron chi connectivity index (χ0n) is 9.03. The highest BCUT2D eigenvalue weighted by Gasteiger charge is 2.08. The van der Waals surface area contributed by atoms with Crippen LogP contribution in [0.2, 0.25) is 5.02 Å². The number of aromatic nitrogens is 2. The minimum absolute atomic E-state index is 0.0256. The molecule has 1 aromatic carbocycles. The fourth-order valence-corrected chi connectivity index (χ4v) is 1.84. The van der Waals surface area contributed by atoms with Crippen molar-refractivity contribution in [2.45, 2.75) is 6.54 Å². The molecule has 0 aliphatic carbocycles. The van der Waals surface area contributed by atoms with Gasteiger partial charge >= 0.3 is 0 Å². The van der Waals surface area contributed by atoms with Crippen molar-refractivity contribution >= 4 is 39.1 Å². The summed E-state index contributed by atoms with van der Waals surface area (Å²) in [7, 11) is 0. The third-order valence-corrected chi connectivity index (χ3v) is 2.80. The Morgan fingerprint density at radius 3 is 2.94 bits per heavy atom. The molecule has 7 heteroatoms. The first-order valence-corrected chi connectivity index (χ1v) is 6.14. The monoisotopic (exact) mass is 331 g/mol. The second-order valence-corrected chi connectivity index (χ2v) is 4.88. The molecule has 0 unspecified atom stereocenters. The van der Waals surface area contributed by atoms with E-state index < -0.39 is 5.82 Å². The molecule has 0 fully saturated rings. The lowest BCUT2D eigenvalue weighted by atomic mass is 10.3. The molecular weight excluding hydrogens is 324 g/mol. The molecule has 0 atom stereocenters. The Kier molecular flexibility index (Phi) is 3.98. The molecule has 0 spiro atoms. The Balaban J connectivity index is 2.03. The molecule has 1 N–H and O–H groups in total. The third kappa shape index (κ3) is 3.30. The van der Waals surface area contributed by atoms with E-state index in [0.717, 1.165) is 0 Å². The summed E-state index contributed by atoms with van der Waals surface area (Å²) in [4.78, 5) is 11.6. The van der Waals surface area contributed by atoms with Crippen molar-refractivity contribution in [2.24, 2.45) is 0 Å². The first-order valence-electron chi connectivity index (χ1n) is 4.97. The lowest BCUT2D eigenvalue weighted by Crippen LogP contribution is -2.19. The van der Waals surface area contributed by atoms with E-state index in [1.54, 1.807) is 6.07 Å². The summed E-state index contributed by atoms with van der Waals surface area (Å²) in [5.74, 6) is -0.882. The molecule has 1 heterocycles. The minimum atomic E-state index is -0.503. The molecule has 0 aliphatic heterocycles. The molecule has 18 heavy (non-hydrogen) atoms. The van der Waals surface area contributed by atoms with Crippen LogP contribution in [0, 0.1) is 5.82 Å². The number of hydrogen-bond donors (Lipinski definition) is 1. The molecule has 2 aromatic rings. The van der Waals surface area contributed by atoms with E-state index in [1.165, 1.54) is 29.2 Å². The van der Waals surface area contributed by atoms with Crippen LogP contribution < -0.4 is 5.32 Å². The fraction of sp³-hybridized carbons (Fsp3) is 0.0909. The fourth-order valence-electron chi connectivity index (χ4n) is 1.35. The van der Waals surface area contributed by atoms with Gasteiger partial charge in [0.1, 0.15) is 12.4 Å². The van der Waals surface area contributed by atoms with Gasteiger partial charge < -0.3 is 5.32 Å². The van der Waals surface area contributed by atoms with Gasteiger partial charge in [0.05, 0.1) is 16.9 Å². The van der Waals surface area contributed by atoms with Crippen LogP contribution in [0.1, 0.15) is 0 Å². The molecule has 0 bridgehead atoms. The first kappa shape index (κ1) is 13.0. The van der Waals surface area contributed by atoms with E-state index in [-0.39, 0.29) is 18.1 Å². The van der Waals surface area contributed by atoms with Crippen molar-refractivity contribution in [2.75, 3.05) is 5.32 Å². The molecule has 1 aromatic heterocycles. The van der Waals surface area contributed by atoms with Crippen LogP contribution in [0.5, 0.6) is 0 Å². The molecule has 2 rings (SSSR count). The standard InChI is InChI=1S/C11H8BrClFN3O/c12-7-1-2-10(9(14)3-7)16-11(18)6-17-5-8(13)4-15-17/h1-5H,6H2,(H,16,18). The van der Waals surface area contributed by atoms with Gasteiger partial charge in [-0.25, -0.2) is 4.39 Å². The van der Waals surface area contributed by atoms with Gasteiger partial charge in [0.25, 0.3) is 0 Å². The second kappa shape index (κ2) is 5.49. The number of anilines is 1. The van der Waals surface area contributed by atoms with Gasteiger partial charge in [0.2, 0.25) is 5.91 Å². The SMILES string of the molecule is O=C(Cn1cc(Cl)cn1)Nc1ccc(Br)cc1F. The molecule has 0 aliphatic rings. The topological polar surface area (TPSA) is 46.9 Å². The number of nitrogens with zero attached hydrogens (tertiary/aromatic N) is 2. The summed E-state index contributed by atoms with van der Waals surface area (Å²) in [5, 5.41) is 6.76. The molecule has 1 amide bonds. The molecule has 0 saturated carbocycles. The van der Waals surface area contributed by atoms with Crippen molar-refractivity contribution < 1.29 is 9.18 Å². The number of rotatable bonds is 3. The lowest BCUT2D eigenvalue weighted by Gasteiger charge is -2.06. The number of hydrogen-bond acceptors (Lipinski definition) is 2. The van der Waals surface area contributed by atoms with Crippen LogP contribution in [-0.4, -0.2) is 15.7 Å². The number of halogens is 3. The number of carbonyl (C=O) groups is 1. The van der Waals surface area contributed by atoms with Crippen molar-refractivity contribution in [1.29, 1.82) is 0 Å². The average molecular weight is 333 g/mol. The highest BCUT2D eigenvalue weighted by molar-refractivity contribution is 9.10. The van der Waals surface area contributed by atoms with E-state index in [0.29, 0.717) is 9.50 Å². The Labute approximate surface area is 116 Å². The molecule has 94 valence electrons. The van der Waals surface area contributed by atoms with Gasteiger partial charge in [-0.3, -0.25) is 9.48 Å². The van der Waals surface area contributed by atoms with E-state index in [1.807, 2.05) is 0 Å². The molecule has 0 saturated heterocycles. The Hall–Kier alpha value is -1.40. The maximum atomic E-state index is 13.5. The normalized spacial score (nSPS) is 10.4. The van der Waals surface area contributed by atoms with Crippen LogP contribution in [0.25, 0.3) is 0 Å². The minimum Gasteiger partial charge on any atom is -0.322 e. The predicted octanol–water partition coefficient (Wildman–Crippen LogP) is 3.08. The summed E-state index contributed by atoms with van der Waals surface area (Å²) in [5.41, 5.74) is 0.126. The average Bonchev–Trinajstić information content (AvgIpc) is 2.68. The maximum Gasteiger partial charge on any atom is 0.246 e. The number of carbonyl (C=O) groups excluding carboxylic acids is 1. The Morgan fingerprint density at radius 1 is 1.56 bits per heavy atom. The van der Waals surface area contributed by atoms with Gasteiger partial charge in [-0.1, -0.05) is 27.5 Å². The summed E-state index contributed by atoms with van der Waals surface area (Å²) in [6, 6.07) is 4.40. The van der Waals surface area contributed by atoms with Crippen LogP contribution in [0.3, 0.4) is 0 Å². The Bertz CT molecular complexity index is 587. The number of nitrogens with one attached hydrogen (secondary N) is 1. The summed E-state index contributed by atoms with van der Waals surface area (Å²) < 4.78 is 15.4. The van der Waals surface area contributed by atoms with Crippen molar-refractivity contribution in [3.05, 3.63) is 45.9 Å². The zero-order valence-corrected chi connectivity index (χ0v) is 11.4. The molecular formula is C11H8BrClFN3O. The smallest absolute Gasteiger partial charge is 0.246 e. The highest BCUT2D eigenvalue weighted by atomic mass is 79.9. The van der Waals surface area contributed by atoms with E-state index in [2.05, 4.69) is 26.3 Å². The number of amides is 1. The number of benzene rings is 1. The zero-order chi connectivity index (χ0) is 13.1. The van der Waals surface area contributed by atoms with Gasteiger partial charge in [-0.2, -0.15) is 5.10 Å². The Morgan fingerprint density at radius 2 is 2.33 bits per heavy atom. The summed E-state index contributed by atoms with van der Waals surface area (Å²) >= 11 is 8.80. The molecule has 4 nitrogen and oxygen atoms in total. The van der Waals surface area contributed by atoms with E-state index in [9.17, 15) is 9.18 Å². The maximum absolute atomic E-state index is 13.5. The summed E-state index contributed by atoms with van der Waals surface area (Å²) in [6.45, 7) is -0.0256. The predicted molar refractivity (Wildman–Crippen MR) is 70.0 cm³/mol. The van der Waals surface area contributed by atoms with Crippen molar-refractivity contribution in [3.63, 3.8) is 0 Å². The van der Waals surface area contributed by atoms with E-state index >= 15 is 0 Å². The third-order valence-electron chi connectivity index (χ3n) is 2.11. The summed E-state index contributed by atoms with van der Waals surface area (Å²) in [6.07, 6.45) is 2.94. The van der Waals surface area contributed by atoms with Gasteiger partial charge in [-0.15, -0.1) is 0 Å². The lowest BCUT2D eigenvalue weighted by molar-refractivity contribution is -0.116. The van der Waals surface area contributed by atoms with Crippen molar-refractivity contribution in [3.8, 4) is 0 Å². The van der Waals surface area contributed by atoms with E-state index in [4.69, 9.17) is 11.6 Å². The largest absolute Gasteiger partial charge is 0.322 e. The van der Waals surface area contributed by atoms with Gasteiger partial charge in [0.15, 0.2) is 0 Å². The quantitative estimate of drug-likeness (QED) is 0.939. The van der Waals surface area contributed by atoms with Crippen LogP contribution in [0.4, 0.5) is 10.1 Å². The second-order valence-electron chi connectivity index (χ2n) is 3.53. The first-order chi connectivity index (χ1) is 8.54. The van der Waals surface area contributed by atoms with Crippen LogP contribution >= 0.6 is 27.5 Å².